The smallest absolute Gasteiger partial charge is 0.161 e. The van der Waals surface area contributed by atoms with E-state index in [2.05, 4.69) is 0 Å². The molecule has 4 heteroatoms. The molecule has 0 aliphatic heterocycles. The molecule has 0 radical (unpaired) electrons. The van der Waals surface area contributed by atoms with Crippen LogP contribution in [-0.2, 0) is 6.42 Å². The van der Waals surface area contributed by atoms with Crippen LogP contribution in [0.15, 0.2) is 54.6 Å². The van der Waals surface area contributed by atoms with E-state index in [9.17, 15) is 20.4 Å². The fourth-order valence-electron chi connectivity index (χ4n) is 3.52. The quantitative estimate of drug-likeness (QED) is 0.540. The van der Waals surface area contributed by atoms with Crippen molar-refractivity contribution in [1.29, 1.82) is 0 Å². The van der Waals surface area contributed by atoms with Crippen LogP contribution in [-0.4, -0.2) is 20.4 Å². The molecule has 0 fully saturated rings. The van der Waals surface area contributed by atoms with Gasteiger partial charge < -0.3 is 20.4 Å². The molecule has 1 atom stereocenters. The highest BCUT2D eigenvalue weighted by molar-refractivity contribution is 5.84. The van der Waals surface area contributed by atoms with Crippen molar-refractivity contribution in [1.82, 2.24) is 0 Å². The minimum Gasteiger partial charge on any atom is -0.504 e. The molecule has 0 heterocycles. The lowest BCUT2D eigenvalue weighted by atomic mass is 9.89. The maximum atomic E-state index is 10.4. The first-order valence-electron chi connectivity index (χ1n) is 7.71. The molecule has 0 saturated heterocycles. The summed E-state index contributed by atoms with van der Waals surface area (Å²) in [6.45, 7) is 0. The Morgan fingerprint density at radius 3 is 2.17 bits per heavy atom. The van der Waals surface area contributed by atoms with Crippen molar-refractivity contribution in [3.63, 3.8) is 0 Å². The highest BCUT2D eigenvalue weighted by atomic mass is 16.3. The van der Waals surface area contributed by atoms with Gasteiger partial charge in [0.1, 0.15) is 0 Å². The maximum absolute atomic E-state index is 10.4. The molecule has 1 unspecified atom stereocenters. The second-order valence-electron chi connectivity index (χ2n) is 6.07. The topological polar surface area (TPSA) is 80.9 Å². The van der Waals surface area contributed by atoms with Gasteiger partial charge >= 0.3 is 0 Å². The predicted molar refractivity (Wildman–Crippen MR) is 90.5 cm³/mol. The zero-order chi connectivity index (χ0) is 16.8. The third-order valence-electron chi connectivity index (χ3n) is 4.64. The highest BCUT2D eigenvalue weighted by Crippen LogP contribution is 2.54. The Morgan fingerprint density at radius 2 is 1.42 bits per heavy atom. The number of hydrogen-bond acceptors (Lipinski definition) is 4. The number of phenolic OH excluding ortho intramolecular Hbond substituents is 4. The van der Waals surface area contributed by atoms with Crippen molar-refractivity contribution in [2.45, 2.75) is 12.3 Å². The van der Waals surface area contributed by atoms with Gasteiger partial charge in [0.25, 0.3) is 0 Å². The van der Waals surface area contributed by atoms with E-state index in [0.717, 1.165) is 22.3 Å². The zero-order valence-corrected chi connectivity index (χ0v) is 12.8. The number of rotatable bonds is 2. The fourth-order valence-corrected chi connectivity index (χ4v) is 3.52. The van der Waals surface area contributed by atoms with Gasteiger partial charge in [0.15, 0.2) is 23.0 Å². The summed E-state index contributed by atoms with van der Waals surface area (Å²) < 4.78 is 0. The number of aromatic hydroxyl groups is 4. The molecule has 0 saturated carbocycles. The van der Waals surface area contributed by atoms with Crippen LogP contribution in [0, 0.1) is 0 Å². The Hall–Kier alpha value is -3.14. The lowest BCUT2D eigenvalue weighted by molar-refractivity contribution is 0.398. The van der Waals surface area contributed by atoms with Gasteiger partial charge in [0.2, 0.25) is 0 Å². The maximum Gasteiger partial charge on any atom is 0.161 e. The molecule has 0 bridgehead atoms. The summed E-state index contributed by atoms with van der Waals surface area (Å²) in [5.74, 6) is -0.927. The Balaban J connectivity index is 1.93. The van der Waals surface area contributed by atoms with Gasteiger partial charge in [-0.15, -0.1) is 0 Å². The molecule has 0 aromatic heterocycles. The van der Waals surface area contributed by atoms with Gasteiger partial charge in [-0.3, -0.25) is 0 Å². The van der Waals surface area contributed by atoms with Crippen LogP contribution < -0.4 is 0 Å². The van der Waals surface area contributed by atoms with Crippen LogP contribution in [0.2, 0.25) is 0 Å². The standard InChI is InChI=1S/C20H16O4/c21-16-7-6-12-13-9-17(22)18(23)10-14(13)15(19(12)20(16)24)8-11-4-2-1-3-5-11/h1-7,9-10,15,21-24H,8H2. The molecule has 4 rings (SSSR count). The molecule has 120 valence electrons. The first-order chi connectivity index (χ1) is 11.6. The molecule has 4 nitrogen and oxygen atoms in total. The van der Waals surface area contributed by atoms with Crippen LogP contribution in [0.1, 0.15) is 22.6 Å². The lowest BCUT2D eigenvalue weighted by Gasteiger charge is -2.16. The van der Waals surface area contributed by atoms with Crippen molar-refractivity contribution in [2.24, 2.45) is 0 Å². The van der Waals surface area contributed by atoms with Crippen molar-refractivity contribution in [3.05, 3.63) is 71.3 Å². The molecule has 1 aliphatic carbocycles. The average Bonchev–Trinajstić information content (AvgIpc) is 2.86. The van der Waals surface area contributed by atoms with Gasteiger partial charge in [-0.25, -0.2) is 0 Å². The molecule has 4 N–H and O–H groups in total. The first kappa shape index (κ1) is 14.5. The summed E-state index contributed by atoms with van der Waals surface area (Å²) in [6.07, 6.45) is 0.613. The van der Waals surface area contributed by atoms with E-state index >= 15 is 0 Å². The monoisotopic (exact) mass is 320 g/mol. The summed E-state index contributed by atoms with van der Waals surface area (Å²) in [5.41, 5.74) is 4.05. The number of hydrogen-bond donors (Lipinski definition) is 4. The minimum atomic E-state index is -0.212. The summed E-state index contributed by atoms with van der Waals surface area (Å²) in [4.78, 5) is 0. The molecule has 1 aliphatic rings. The Kier molecular flexibility index (Phi) is 3.13. The summed E-state index contributed by atoms with van der Waals surface area (Å²) in [6, 6.07) is 16.0. The van der Waals surface area contributed by atoms with E-state index in [1.807, 2.05) is 30.3 Å². The lowest BCUT2D eigenvalue weighted by Crippen LogP contribution is -2.02. The average molecular weight is 320 g/mol. The predicted octanol–water partition coefficient (Wildman–Crippen LogP) is 3.86. The van der Waals surface area contributed by atoms with E-state index < -0.39 is 0 Å². The summed E-state index contributed by atoms with van der Waals surface area (Å²) in [7, 11) is 0. The summed E-state index contributed by atoms with van der Waals surface area (Å²) in [5, 5.41) is 40.1. The van der Waals surface area contributed by atoms with Crippen LogP contribution in [0.4, 0.5) is 0 Å². The number of benzene rings is 3. The summed E-state index contributed by atoms with van der Waals surface area (Å²) >= 11 is 0. The number of fused-ring (bicyclic) bond motifs is 3. The van der Waals surface area contributed by atoms with Gasteiger partial charge in [-0.2, -0.15) is 0 Å². The van der Waals surface area contributed by atoms with E-state index in [1.165, 1.54) is 18.2 Å². The molecule has 0 amide bonds. The second kappa shape index (κ2) is 5.20. The minimum absolute atomic E-state index is 0.149. The number of phenols is 4. The highest BCUT2D eigenvalue weighted by Gasteiger charge is 2.33. The Morgan fingerprint density at radius 1 is 0.708 bits per heavy atom. The van der Waals surface area contributed by atoms with Crippen molar-refractivity contribution >= 4 is 0 Å². The van der Waals surface area contributed by atoms with E-state index in [1.54, 1.807) is 6.07 Å². The van der Waals surface area contributed by atoms with E-state index in [-0.39, 0.29) is 28.9 Å². The zero-order valence-electron chi connectivity index (χ0n) is 12.8. The van der Waals surface area contributed by atoms with Crippen LogP contribution in [0.25, 0.3) is 11.1 Å². The van der Waals surface area contributed by atoms with Crippen LogP contribution >= 0.6 is 0 Å². The normalized spacial score (nSPS) is 15.1. The molecule has 24 heavy (non-hydrogen) atoms. The Bertz CT molecular complexity index is 932. The Labute approximate surface area is 138 Å². The van der Waals surface area contributed by atoms with Crippen molar-refractivity contribution in [2.75, 3.05) is 0 Å². The molecular weight excluding hydrogens is 304 g/mol. The molecule has 0 spiro atoms. The van der Waals surface area contributed by atoms with Crippen LogP contribution in [0.3, 0.4) is 0 Å². The molecular formula is C20H16O4. The second-order valence-corrected chi connectivity index (χ2v) is 6.07. The van der Waals surface area contributed by atoms with E-state index in [4.69, 9.17) is 0 Å². The fraction of sp³-hybridized carbons (Fsp3) is 0.100. The van der Waals surface area contributed by atoms with Crippen molar-refractivity contribution < 1.29 is 20.4 Å². The third-order valence-corrected chi connectivity index (χ3v) is 4.64. The van der Waals surface area contributed by atoms with Gasteiger partial charge in [0, 0.05) is 11.5 Å². The van der Waals surface area contributed by atoms with Gasteiger partial charge in [-0.1, -0.05) is 36.4 Å². The van der Waals surface area contributed by atoms with E-state index in [0.29, 0.717) is 12.0 Å². The molecule has 3 aromatic rings. The largest absolute Gasteiger partial charge is 0.504 e. The third kappa shape index (κ3) is 2.07. The SMILES string of the molecule is Oc1cc2c(cc1O)C(Cc1ccccc1)c1c-2ccc(O)c1O. The van der Waals surface area contributed by atoms with Gasteiger partial charge in [-0.05, 0) is 46.9 Å². The van der Waals surface area contributed by atoms with Gasteiger partial charge in [0.05, 0.1) is 0 Å². The molecule has 3 aromatic carbocycles. The van der Waals surface area contributed by atoms with Crippen molar-refractivity contribution in [3.8, 4) is 34.1 Å². The first-order valence-corrected chi connectivity index (χ1v) is 7.71. The van der Waals surface area contributed by atoms with Crippen LogP contribution in [0.5, 0.6) is 23.0 Å².